The molecule has 1 aromatic heterocycles. The lowest BCUT2D eigenvalue weighted by atomic mass is 10.3. The average molecular weight is 261 g/mol. The molecule has 1 heterocycles. The zero-order valence-corrected chi connectivity index (χ0v) is 9.80. The van der Waals surface area contributed by atoms with E-state index in [0.717, 1.165) is 30.7 Å². The van der Waals surface area contributed by atoms with E-state index in [4.69, 9.17) is 0 Å². The van der Waals surface area contributed by atoms with Gasteiger partial charge in [-0.05, 0) is 18.6 Å². The number of hydrogen-bond acceptors (Lipinski definition) is 2. The highest BCUT2D eigenvalue weighted by atomic mass is 79.9. The van der Waals surface area contributed by atoms with E-state index in [1.54, 1.807) is 6.07 Å². The Bertz CT molecular complexity index is 257. The predicted molar refractivity (Wildman–Crippen MR) is 60.5 cm³/mol. The SMILES string of the molecule is CCCN(CCBr)c1ccc(F)cn1. The van der Waals surface area contributed by atoms with Gasteiger partial charge in [-0.3, -0.25) is 0 Å². The summed E-state index contributed by atoms with van der Waals surface area (Å²) in [5.74, 6) is 0.553. The normalized spacial score (nSPS) is 10.2. The first kappa shape index (κ1) is 11.4. The summed E-state index contributed by atoms with van der Waals surface area (Å²) >= 11 is 3.39. The molecular formula is C10H14BrFN2. The molecule has 0 amide bonds. The van der Waals surface area contributed by atoms with E-state index >= 15 is 0 Å². The summed E-state index contributed by atoms with van der Waals surface area (Å²) in [4.78, 5) is 6.18. The lowest BCUT2D eigenvalue weighted by molar-refractivity contribution is 0.620. The van der Waals surface area contributed by atoms with Gasteiger partial charge in [-0.1, -0.05) is 22.9 Å². The van der Waals surface area contributed by atoms with E-state index in [1.165, 1.54) is 12.3 Å². The van der Waals surface area contributed by atoms with Gasteiger partial charge in [-0.25, -0.2) is 9.37 Å². The molecule has 1 rings (SSSR count). The van der Waals surface area contributed by atoms with Crippen LogP contribution < -0.4 is 4.90 Å². The molecule has 1 aromatic rings. The van der Waals surface area contributed by atoms with Crippen LogP contribution in [0.25, 0.3) is 0 Å². The van der Waals surface area contributed by atoms with Crippen molar-refractivity contribution in [3.05, 3.63) is 24.1 Å². The van der Waals surface area contributed by atoms with Gasteiger partial charge in [0.05, 0.1) is 6.20 Å². The molecule has 0 atom stereocenters. The molecule has 0 aliphatic heterocycles. The number of alkyl halides is 1. The largest absolute Gasteiger partial charge is 0.356 e. The van der Waals surface area contributed by atoms with E-state index in [0.29, 0.717) is 0 Å². The molecule has 0 saturated carbocycles. The quantitative estimate of drug-likeness (QED) is 0.758. The van der Waals surface area contributed by atoms with Crippen molar-refractivity contribution in [2.45, 2.75) is 13.3 Å². The summed E-state index contributed by atoms with van der Waals surface area (Å²) < 4.78 is 12.6. The zero-order chi connectivity index (χ0) is 10.4. The van der Waals surface area contributed by atoms with Crippen LogP contribution in [0.3, 0.4) is 0 Å². The van der Waals surface area contributed by atoms with E-state index in [9.17, 15) is 4.39 Å². The number of nitrogens with zero attached hydrogens (tertiary/aromatic N) is 2. The first-order chi connectivity index (χ1) is 6.77. The summed E-state index contributed by atoms with van der Waals surface area (Å²) in [7, 11) is 0. The second kappa shape index (κ2) is 5.96. The highest BCUT2D eigenvalue weighted by Crippen LogP contribution is 2.11. The van der Waals surface area contributed by atoms with Gasteiger partial charge in [0, 0.05) is 18.4 Å². The average Bonchev–Trinajstić information content (AvgIpc) is 2.19. The van der Waals surface area contributed by atoms with Crippen LogP contribution in [0.4, 0.5) is 10.2 Å². The summed E-state index contributed by atoms with van der Waals surface area (Å²) in [5.41, 5.74) is 0. The van der Waals surface area contributed by atoms with Crippen molar-refractivity contribution >= 4 is 21.7 Å². The van der Waals surface area contributed by atoms with Crippen molar-refractivity contribution in [1.29, 1.82) is 0 Å². The second-order valence-corrected chi connectivity index (χ2v) is 3.80. The highest BCUT2D eigenvalue weighted by molar-refractivity contribution is 9.09. The van der Waals surface area contributed by atoms with Gasteiger partial charge < -0.3 is 4.90 Å². The Morgan fingerprint density at radius 1 is 1.43 bits per heavy atom. The molecule has 0 unspecified atom stereocenters. The van der Waals surface area contributed by atoms with Crippen molar-refractivity contribution in [2.75, 3.05) is 23.3 Å². The van der Waals surface area contributed by atoms with Gasteiger partial charge in [0.25, 0.3) is 0 Å². The third-order valence-electron chi connectivity index (χ3n) is 1.88. The zero-order valence-electron chi connectivity index (χ0n) is 8.21. The fourth-order valence-corrected chi connectivity index (χ4v) is 1.70. The van der Waals surface area contributed by atoms with Gasteiger partial charge in [0.1, 0.15) is 11.6 Å². The molecule has 0 N–H and O–H groups in total. The minimum absolute atomic E-state index is 0.288. The Labute approximate surface area is 92.3 Å². The topological polar surface area (TPSA) is 16.1 Å². The molecule has 0 aliphatic carbocycles. The Morgan fingerprint density at radius 3 is 2.71 bits per heavy atom. The molecule has 0 spiro atoms. The molecule has 78 valence electrons. The third-order valence-corrected chi connectivity index (χ3v) is 2.24. The Morgan fingerprint density at radius 2 is 2.21 bits per heavy atom. The van der Waals surface area contributed by atoms with Crippen molar-refractivity contribution in [3.8, 4) is 0 Å². The molecule has 0 radical (unpaired) electrons. The Hall–Kier alpha value is -0.640. The van der Waals surface area contributed by atoms with E-state index < -0.39 is 0 Å². The number of halogens is 2. The van der Waals surface area contributed by atoms with E-state index in [2.05, 4.69) is 32.7 Å². The minimum Gasteiger partial charge on any atom is -0.356 e. The molecule has 0 bridgehead atoms. The minimum atomic E-state index is -0.288. The molecule has 0 aliphatic rings. The highest BCUT2D eigenvalue weighted by Gasteiger charge is 2.05. The van der Waals surface area contributed by atoms with Crippen LogP contribution in [-0.2, 0) is 0 Å². The molecule has 2 nitrogen and oxygen atoms in total. The summed E-state index contributed by atoms with van der Waals surface area (Å²) in [6.45, 7) is 3.96. The molecule has 0 saturated heterocycles. The summed E-state index contributed by atoms with van der Waals surface area (Å²) in [5, 5.41) is 0.895. The summed E-state index contributed by atoms with van der Waals surface area (Å²) in [6.07, 6.45) is 2.32. The van der Waals surface area contributed by atoms with Crippen LogP contribution in [0.5, 0.6) is 0 Å². The monoisotopic (exact) mass is 260 g/mol. The lowest BCUT2D eigenvalue weighted by Crippen LogP contribution is -2.26. The van der Waals surface area contributed by atoms with Crippen LogP contribution in [0.15, 0.2) is 18.3 Å². The van der Waals surface area contributed by atoms with Gasteiger partial charge in [-0.2, -0.15) is 0 Å². The Kier molecular flexibility index (Phi) is 4.87. The van der Waals surface area contributed by atoms with Crippen LogP contribution in [-0.4, -0.2) is 23.4 Å². The fraction of sp³-hybridized carbons (Fsp3) is 0.500. The predicted octanol–water partition coefficient (Wildman–Crippen LogP) is 2.83. The van der Waals surface area contributed by atoms with Gasteiger partial charge in [-0.15, -0.1) is 0 Å². The molecule has 4 heteroatoms. The maximum Gasteiger partial charge on any atom is 0.141 e. The number of aromatic nitrogens is 1. The lowest BCUT2D eigenvalue weighted by Gasteiger charge is -2.21. The maximum absolute atomic E-state index is 12.6. The third kappa shape index (κ3) is 3.25. The van der Waals surface area contributed by atoms with Crippen molar-refractivity contribution in [1.82, 2.24) is 4.98 Å². The standard InChI is InChI=1S/C10H14BrFN2/c1-2-6-14(7-5-11)10-4-3-9(12)8-13-10/h3-4,8H,2,5-7H2,1H3. The van der Waals surface area contributed by atoms with Crippen molar-refractivity contribution in [3.63, 3.8) is 0 Å². The Balaban J connectivity index is 2.71. The first-order valence-electron chi connectivity index (χ1n) is 4.70. The smallest absolute Gasteiger partial charge is 0.141 e. The first-order valence-corrected chi connectivity index (χ1v) is 5.82. The van der Waals surface area contributed by atoms with Gasteiger partial charge >= 0.3 is 0 Å². The van der Waals surface area contributed by atoms with Crippen LogP contribution in [0.2, 0.25) is 0 Å². The van der Waals surface area contributed by atoms with Gasteiger partial charge in [0.2, 0.25) is 0 Å². The number of rotatable bonds is 5. The van der Waals surface area contributed by atoms with Crippen LogP contribution in [0.1, 0.15) is 13.3 Å². The van der Waals surface area contributed by atoms with Crippen molar-refractivity contribution in [2.24, 2.45) is 0 Å². The fourth-order valence-electron chi connectivity index (χ4n) is 1.27. The van der Waals surface area contributed by atoms with E-state index in [-0.39, 0.29) is 5.82 Å². The summed E-state index contributed by atoms with van der Waals surface area (Å²) in [6, 6.07) is 3.16. The molecule has 14 heavy (non-hydrogen) atoms. The molecule has 0 fully saturated rings. The van der Waals surface area contributed by atoms with Crippen LogP contribution >= 0.6 is 15.9 Å². The van der Waals surface area contributed by atoms with Gasteiger partial charge in [0.15, 0.2) is 0 Å². The maximum atomic E-state index is 12.6. The van der Waals surface area contributed by atoms with E-state index in [1.807, 2.05) is 0 Å². The number of pyridine rings is 1. The number of hydrogen-bond donors (Lipinski definition) is 0. The molecular weight excluding hydrogens is 247 g/mol. The number of anilines is 1. The van der Waals surface area contributed by atoms with Crippen LogP contribution in [0, 0.1) is 5.82 Å². The van der Waals surface area contributed by atoms with Crippen molar-refractivity contribution < 1.29 is 4.39 Å². The molecule has 0 aromatic carbocycles. The second-order valence-electron chi connectivity index (χ2n) is 3.01.